The number of carboxylic acids is 2. The normalized spacial score (nSPS) is 14.2. The van der Waals surface area contributed by atoms with Crippen molar-refractivity contribution in [1.82, 2.24) is 9.47 Å². The summed E-state index contributed by atoms with van der Waals surface area (Å²) >= 11 is 6.24. The molecule has 3 aromatic rings. The highest BCUT2D eigenvalue weighted by atomic mass is 35.5. The van der Waals surface area contributed by atoms with Crippen molar-refractivity contribution >= 4 is 34.4 Å². The van der Waals surface area contributed by atoms with E-state index in [0.717, 1.165) is 61.9 Å². The summed E-state index contributed by atoms with van der Waals surface area (Å²) in [6.45, 7) is 4.78. The van der Waals surface area contributed by atoms with Gasteiger partial charge in [0.2, 0.25) is 0 Å². The van der Waals surface area contributed by atoms with Gasteiger partial charge in [-0.2, -0.15) is 0 Å². The molecule has 2 aromatic carbocycles. The number of rotatable bonds is 7. The van der Waals surface area contributed by atoms with E-state index in [2.05, 4.69) is 15.7 Å². The Hall–Kier alpha value is -3.20. The monoisotopic (exact) mass is 488 g/mol. The largest absolute Gasteiger partial charge is 0.478 e. The van der Waals surface area contributed by atoms with Gasteiger partial charge in [-0.15, -0.1) is 0 Å². The number of morpholine rings is 1. The fourth-order valence-electron chi connectivity index (χ4n) is 3.75. The van der Waals surface area contributed by atoms with E-state index in [0.29, 0.717) is 12.2 Å². The molecule has 0 amide bonds. The van der Waals surface area contributed by atoms with Crippen LogP contribution in [-0.2, 0) is 20.7 Å². The van der Waals surface area contributed by atoms with Crippen LogP contribution in [0.15, 0.2) is 60.8 Å². The number of halogens is 2. The van der Waals surface area contributed by atoms with E-state index < -0.39 is 11.9 Å². The third kappa shape index (κ3) is 7.41. The molecule has 0 bridgehead atoms. The van der Waals surface area contributed by atoms with Gasteiger partial charge < -0.3 is 19.5 Å². The lowest BCUT2D eigenvalue weighted by molar-refractivity contribution is -0.134. The molecule has 1 aliphatic rings. The number of hydrogen-bond donors (Lipinski definition) is 2. The van der Waals surface area contributed by atoms with Crippen LogP contribution in [0.5, 0.6) is 0 Å². The molecule has 1 aromatic heterocycles. The lowest BCUT2D eigenvalue weighted by Crippen LogP contribution is -2.36. The number of ether oxygens (including phenoxy) is 1. The molecule has 9 heteroatoms. The van der Waals surface area contributed by atoms with Crippen molar-refractivity contribution in [1.29, 1.82) is 0 Å². The fourth-order valence-corrected chi connectivity index (χ4v) is 3.92. The molecular weight excluding hydrogens is 463 g/mol. The van der Waals surface area contributed by atoms with Crippen molar-refractivity contribution in [2.45, 2.75) is 12.8 Å². The maximum absolute atomic E-state index is 13.3. The number of aromatic nitrogens is 1. The van der Waals surface area contributed by atoms with Gasteiger partial charge in [0.25, 0.3) is 0 Å². The standard InChI is InChI=1S/C21H22ClFN2O.C4H4O4/c22-17-3-8-21-20(14-17)16(2-1-9-24-10-12-26-13-11-24)15-25(21)19-6-4-18(23)5-7-19;5-3(6)1-2-4(7)8/h3-8,14-15H,1-2,9-13H2;1-2H,(H,5,6)(H,7,8). The first kappa shape index (κ1) is 25.4. The van der Waals surface area contributed by atoms with Gasteiger partial charge in [0.05, 0.1) is 18.7 Å². The van der Waals surface area contributed by atoms with Gasteiger partial charge in [0.1, 0.15) is 5.82 Å². The summed E-state index contributed by atoms with van der Waals surface area (Å²) in [6.07, 6.45) is 5.36. The molecule has 4 rings (SSSR count). The molecule has 0 radical (unpaired) electrons. The molecule has 0 atom stereocenters. The summed E-state index contributed by atoms with van der Waals surface area (Å²) < 4.78 is 20.8. The van der Waals surface area contributed by atoms with Crippen LogP contribution in [0, 0.1) is 5.82 Å². The summed E-state index contributed by atoms with van der Waals surface area (Å²) in [5.41, 5.74) is 3.33. The van der Waals surface area contributed by atoms with Crippen LogP contribution in [0.1, 0.15) is 12.0 Å². The lowest BCUT2D eigenvalue weighted by Gasteiger charge is -2.26. The average Bonchev–Trinajstić information content (AvgIpc) is 3.17. The Morgan fingerprint density at radius 1 is 1.03 bits per heavy atom. The minimum Gasteiger partial charge on any atom is -0.478 e. The zero-order valence-electron chi connectivity index (χ0n) is 18.5. The van der Waals surface area contributed by atoms with E-state index in [9.17, 15) is 14.0 Å². The number of carbonyl (C=O) groups is 2. The smallest absolute Gasteiger partial charge is 0.328 e. The second kappa shape index (κ2) is 12.3. The Balaban J connectivity index is 0.000000350. The van der Waals surface area contributed by atoms with E-state index in [4.69, 9.17) is 26.6 Å². The van der Waals surface area contributed by atoms with Crippen molar-refractivity contribution < 1.29 is 28.9 Å². The number of carboxylic acid groups (broad SMARTS) is 2. The molecule has 1 saturated heterocycles. The second-order valence-electron chi connectivity index (χ2n) is 7.73. The number of hydrogen-bond acceptors (Lipinski definition) is 4. The fraction of sp³-hybridized carbons (Fsp3) is 0.280. The summed E-state index contributed by atoms with van der Waals surface area (Å²) in [6, 6.07) is 12.6. The molecule has 2 N–H and O–H groups in total. The van der Waals surface area contributed by atoms with E-state index in [1.165, 1.54) is 23.1 Å². The maximum atomic E-state index is 13.3. The Labute approximate surface area is 201 Å². The molecule has 0 unspecified atom stereocenters. The van der Waals surface area contributed by atoms with E-state index in [-0.39, 0.29) is 5.82 Å². The molecular formula is C25H26ClFN2O5. The third-order valence-corrected chi connectivity index (χ3v) is 5.58. The van der Waals surface area contributed by atoms with Gasteiger partial charge in [0.15, 0.2) is 0 Å². The van der Waals surface area contributed by atoms with Crippen LogP contribution in [0.4, 0.5) is 4.39 Å². The molecule has 0 saturated carbocycles. The van der Waals surface area contributed by atoms with E-state index >= 15 is 0 Å². The number of nitrogens with zero attached hydrogens (tertiary/aromatic N) is 2. The van der Waals surface area contributed by atoms with Crippen LogP contribution in [-0.4, -0.2) is 64.5 Å². The summed E-state index contributed by atoms with van der Waals surface area (Å²) in [4.78, 5) is 21.6. The van der Waals surface area contributed by atoms with Crippen molar-refractivity contribution in [3.8, 4) is 5.69 Å². The van der Waals surface area contributed by atoms with Gasteiger partial charge in [-0.05, 0) is 67.4 Å². The predicted molar refractivity (Wildman–Crippen MR) is 128 cm³/mol. The van der Waals surface area contributed by atoms with Crippen LogP contribution in [0.25, 0.3) is 16.6 Å². The average molecular weight is 489 g/mol. The van der Waals surface area contributed by atoms with Crippen LogP contribution >= 0.6 is 11.6 Å². The summed E-state index contributed by atoms with van der Waals surface area (Å²) in [7, 11) is 0. The Kier molecular flexibility index (Phi) is 9.21. The molecule has 1 aliphatic heterocycles. The Morgan fingerprint density at radius 2 is 1.68 bits per heavy atom. The zero-order chi connectivity index (χ0) is 24.5. The molecule has 34 heavy (non-hydrogen) atoms. The first-order valence-electron chi connectivity index (χ1n) is 10.8. The highest BCUT2D eigenvalue weighted by Crippen LogP contribution is 2.28. The van der Waals surface area contributed by atoms with Crippen molar-refractivity contribution in [2.75, 3.05) is 32.8 Å². The number of aryl methyl sites for hydroxylation is 1. The van der Waals surface area contributed by atoms with Crippen LogP contribution < -0.4 is 0 Å². The highest BCUT2D eigenvalue weighted by molar-refractivity contribution is 6.31. The Bertz CT molecular complexity index is 1140. The summed E-state index contributed by atoms with van der Waals surface area (Å²) in [5.74, 6) is -2.74. The molecule has 0 spiro atoms. The van der Waals surface area contributed by atoms with Crippen LogP contribution in [0.3, 0.4) is 0 Å². The number of aliphatic carboxylic acids is 2. The van der Waals surface area contributed by atoms with Gasteiger partial charge in [-0.1, -0.05) is 11.6 Å². The molecule has 1 fully saturated rings. The third-order valence-electron chi connectivity index (χ3n) is 5.35. The van der Waals surface area contributed by atoms with Gasteiger partial charge in [0, 0.05) is 47.5 Å². The molecule has 0 aliphatic carbocycles. The minimum absolute atomic E-state index is 0.223. The van der Waals surface area contributed by atoms with Crippen molar-refractivity contribution in [3.05, 3.63) is 77.2 Å². The molecule has 180 valence electrons. The first-order chi connectivity index (χ1) is 16.3. The first-order valence-corrected chi connectivity index (χ1v) is 11.2. The SMILES string of the molecule is Fc1ccc(-n2cc(CCCN3CCOCC3)c3cc(Cl)ccc32)cc1.O=C(O)C=CC(=O)O. The minimum atomic E-state index is -1.26. The second-order valence-corrected chi connectivity index (χ2v) is 8.17. The van der Waals surface area contributed by atoms with E-state index in [1.54, 1.807) is 12.1 Å². The molecule has 7 nitrogen and oxygen atoms in total. The van der Waals surface area contributed by atoms with Crippen molar-refractivity contribution in [2.24, 2.45) is 0 Å². The topological polar surface area (TPSA) is 92.0 Å². The quantitative estimate of drug-likeness (QED) is 0.479. The van der Waals surface area contributed by atoms with E-state index in [1.807, 2.05) is 18.2 Å². The van der Waals surface area contributed by atoms with Crippen molar-refractivity contribution in [3.63, 3.8) is 0 Å². The molecule has 2 heterocycles. The number of benzene rings is 2. The van der Waals surface area contributed by atoms with Crippen LogP contribution in [0.2, 0.25) is 5.02 Å². The predicted octanol–water partition coefficient (Wildman–Crippen LogP) is 4.40. The van der Waals surface area contributed by atoms with Gasteiger partial charge >= 0.3 is 11.9 Å². The number of fused-ring (bicyclic) bond motifs is 1. The lowest BCUT2D eigenvalue weighted by atomic mass is 10.1. The van der Waals surface area contributed by atoms with Gasteiger partial charge in [-0.25, -0.2) is 14.0 Å². The Morgan fingerprint density at radius 3 is 2.29 bits per heavy atom. The summed E-state index contributed by atoms with van der Waals surface area (Å²) in [5, 5.41) is 17.5. The van der Waals surface area contributed by atoms with Gasteiger partial charge in [-0.3, -0.25) is 4.90 Å². The highest BCUT2D eigenvalue weighted by Gasteiger charge is 2.13. The maximum Gasteiger partial charge on any atom is 0.328 e. The zero-order valence-corrected chi connectivity index (χ0v) is 19.2.